The van der Waals surface area contributed by atoms with Gasteiger partial charge in [-0.3, -0.25) is 9.59 Å². The van der Waals surface area contributed by atoms with Crippen LogP contribution in [0.1, 0.15) is 32.6 Å². The van der Waals surface area contributed by atoms with Gasteiger partial charge in [-0.25, -0.2) is 4.79 Å². The summed E-state index contributed by atoms with van der Waals surface area (Å²) in [4.78, 5) is 41.0. The number of likely N-dealkylation sites (tertiary alicyclic amines) is 1. The normalized spacial score (nSPS) is 19.0. The lowest BCUT2D eigenvalue weighted by atomic mass is 9.86. The van der Waals surface area contributed by atoms with Gasteiger partial charge in [0.05, 0.1) is 12.4 Å². The van der Waals surface area contributed by atoms with Crippen LogP contribution in [0.25, 0.3) is 0 Å². The van der Waals surface area contributed by atoms with Crippen LogP contribution in [-0.4, -0.2) is 96.2 Å². The predicted molar refractivity (Wildman–Crippen MR) is 121 cm³/mol. The Morgan fingerprint density at radius 1 is 1.23 bits per heavy atom. The Morgan fingerprint density at radius 2 is 1.87 bits per heavy atom. The summed E-state index contributed by atoms with van der Waals surface area (Å²) in [6, 6.07) is -0.0254. The van der Waals surface area contributed by atoms with Crippen LogP contribution in [0.5, 0.6) is 0 Å². The summed E-state index contributed by atoms with van der Waals surface area (Å²) in [6.07, 6.45) is 2.10. The molecule has 170 valence electrons. The largest absolute Gasteiger partial charge is 0.450 e. The topological polar surface area (TPSA) is 103 Å². The molecule has 30 heavy (non-hydrogen) atoms. The fraction of sp³-hybridized carbons (Fsp3) is 0.789. The minimum Gasteiger partial charge on any atom is -0.450 e. The van der Waals surface area contributed by atoms with Crippen LogP contribution in [0.2, 0.25) is 0 Å². The highest BCUT2D eigenvalue weighted by Crippen LogP contribution is 2.21. The summed E-state index contributed by atoms with van der Waals surface area (Å²) >= 11 is 6.50. The third-order valence-electron chi connectivity index (χ3n) is 5.32. The highest BCUT2D eigenvalue weighted by atomic mass is 32.2. The number of piperidine rings is 2. The van der Waals surface area contributed by atoms with Crippen molar-refractivity contribution in [2.75, 3.05) is 52.6 Å². The zero-order valence-corrected chi connectivity index (χ0v) is 19.6. The molecule has 0 aromatic heterocycles. The van der Waals surface area contributed by atoms with Gasteiger partial charge in [0.1, 0.15) is 9.86 Å². The van der Waals surface area contributed by atoms with E-state index in [4.69, 9.17) is 17.0 Å². The van der Waals surface area contributed by atoms with Gasteiger partial charge < -0.3 is 30.5 Å². The molecule has 0 bridgehead atoms. The van der Waals surface area contributed by atoms with Crippen molar-refractivity contribution in [3.8, 4) is 0 Å². The Labute approximate surface area is 188 Å². The van der Waals surface area contributed by atoms with E-state index in [-0.39, 0.29) is 29.7 Å². The second kappa shape index (κ2) is 11.7. The van der Waals surface area contributed by atoms with Gasteiger partial charge in [0, 0.05) is 33.2 Å². The average molecular weight is 460 g/mol. The van der Waals surface area contributed by atoms with Crippen LogP contribution >= 0.6 is 24.0 Å². The van der Waals surface area contributed by atoms with Gasteiger partial charge in [-0.1, -0.05) is 24.0 Å². The van der Waals surface area contributed by atoms with Gasteiger partial charge in [-0.2, -0.15) is 0 Å². The molecule has 0 unspecified atom stereocenters. The van der Waals surface area contributed by atoms with Crippen LogP contribution < -0.4 is 16.0 Å². The molecule has 0 radical (unpaired) electrons. The monoisotopic (exact) mass is 459 g/mol. The zero-order valence-electron chi connectivity index (χ0n) is 18.0. The molecule has 0 spiro atoms. The molecule has 0 aliphatic carbocycles. The number of thioether (sulfide) groups is 1. The summed E-state index contributed by atoms with van der Waals surface area (Å²) in [6.45, 7) is 4.55. The molecule has 2 heterocycles. The second-order valence-corrected chi connectivity index (χ2v) is 9.37. The van der Waals surface area contributed by atoms with Gasteiger partial charge in [0.15, 0.2) is 0 Å². The molecule has 3 N–H and O–H groups in total. The highest BCUT2D eigenvalue weighted by Gasteiger charge is 2.42. The van der Waals surface area contributed by atoms with Crippen molar-refractivity contribution in [1.29, 1.82) is 0 Å². The first-order valence-electron chi connectivity index (χ1n) is 10.4. The van der Waals surface area contributed by atoms with E-state index in [0.717, 1.165) is 0 Å². The molecule has 0 aromatic rings. The molecule has 2 fully saturated rings. The molecule has 0 aromatic carbocycles. The van der Waals surface area contributed by atoms with E-state index in [9.17, 15) is 14.4 Å². The number of carbonyl (C=O) groups excluding carboxylic acids is 3. The van der Waals surface area contributed by atoms with Crippen molar-refractivity contribution in [1.82, 2.24) is 25.8 Å². The molecule has 2 aliphatic rings. The SMILES string of the molecule is CCOC(=O)N1CCC(NC(=O)C2(NC(=O)CSC(=S)N(C)C)CCNCC2)CC1. The van der Waals surface area contributed by atoms with Crippen molar-refractivity contribution in [2.24, 2.45) is 0 Å². The van der Waals surface area contributed by atoms with E-state index < -0.39 is 5.54 Å². The predicted octanol–water partition coefficient (Wildman–Crippen LogP) is 0.542. The molecule has 2 saturated heterocycles. The Morgan fingerprint density at radius 3 is 2.43 bits per heavy atom. The first-order valence-corrected chi connectivity index (χ1v) is 11.8. The first-order chi connectivity index (χ1) is 14.3. The van der Waals surface area contributed by atoms with Crippen LogP contribution in [0.15, 0.2) is 0 Å². The van der Waals surface area contributed by atoms with Gasteiger partial charge >= 0.3 is 6.09 Å². The number of hydrogen-bond donors (Lipinski definition) is 3. The number of rotatable bonds is 6. The number of ether oxygens (including phenoxy) is 1. The Bertz CT molecular complexity index is 632. The van der Waals surface area contributed by atoms with E-state index in [1.54, 1.807) is 16.7 Å². The maximum atomic E-state index is 13.2. The van der Waals surface area contributed by atoms with Gasteiger partial charge in [-0.05, 0) is 45.7 Å². The molecule has 2 rings (SSSR count). The lowest BCUT2D eigenvalue weighted by molar-refractivity contribution is -0.134. The van der Waals surface area contributed by atoms with Gasteiger partial charge in [0.2, 0.25) is 11.8 Å². The van der Waals surface area contributed by atoms with E-state index >= 15 is 0 Å². The lowest BCUT2D eigenvalue weighted by Crippen LogP contribution is -2.64. The third-order valence-corrected chi connectivity index (χ3v) is 7.06. The van der Waals surface area contributed by atoms with Crippen LogP contribution in [-0.2, 0) is 14.3 Å². The van der Waals surface area contributed by atoms with Crippen molar-refractivity contribution >= 4 is 46.2 Å². The Hall–Kier alpha value is -1.59. The molecule has 0 saturated carbocycles. The van der Waals surface area contributed by atoms with Crippen LogP contribution in [0.4, 0.5) is 4.79 Å². The molecule has 2 aliphatic heterocycles. The molecular weight excluding hydrogens is 426 g/mol. The Balaban J connectivity index is 1.91. The lowest BCUT2D eigenvalue weighted by Gasteiger charge is -2.39. The number of nitrogens with one attached hydrogen (secondary N) is 3. The molecule has 3 amide bonds. The van der Waals surface area contributed by atoms with Crippen molar-refractivity contribution < 1.29 is 19.1 Å². The molecule has 0 atom stereocenters. The smallest absolute Gasteiger partial charge is 0.409 e. The number of nitrogens with zero attached hydrogens (tertiary/aromatic N) is 2. The van der Waals surface area contributed by atoms with E-state index in [1.165, 1.54) is 11.8 Å². The number of amides is 3. The number of hydrogen-bond acceptors (Lipinski definition) is 7. The van der Waals surface area contributed by atoms with Gasteiger partial charge in [-0.15, -0.1) is 0 Å². The minimum absolute atomic E-state index is 0.0254. The molecular formula is C19H33N5O4S2. The first kappa shape index (κ1) is 24.7. The summed E-state index contributed by atoms with van der Waals surface area (Å²) in [5.74, 6) is -0.164. The summed E-state index contributed by atoms with van der Waals surface area (Å²) in [5, 5.41) is 9.34. The van der Waals surface area contributed by atoms with Crippen molar-refractivity contribution in [3.63, 3.8) is 0 Å². The quantitative estimate of drug-likeness (QED) is 0.495. The van der Waals surface area contributed by atoms with E-state index in [2.05, 4.69) is 16.0 Å². The third kappa shape index (κ3) is 6.98. The van der Waals surface area contributed by atoms with E-state index in [1.807, 2.05) is 14.1 Å². The van der Waals surface area contributed by atoms with Crippen molar-refractivity contribution in [2.45, 2.75) is 44.2 Å². The highest BCUT2D eigenvalue weighted by molar-refractivity contribution is 8.23. The Kier molecular flexibility index (Phi) is 9.63. The second-order valence-electron chi connectivity index (χ2n) is 7.76. The van der Waals surface area contributed by atoms with Crippen molar-refractivity contribution in [3.05, 3.63) is 0 Å². The average Bonchev–Trinajstić information content (AvgIpc) is 2.73. The number of carbonyl (C=O) groups is 3. The van der Waals surface area contributed by atoms with Crippen LogP contribution in [0.3, 0.4) is 0 Å². The summed E-state index contributed by atoms with van der Waals surface area (Å²) in [7, 11) is 3.67. The molecule has 11 heteroatoms. The minimum atomic E-state index is -0.916. The number of thiocarbonyl (C=S) groups is 1. The summed E-state index contributed by atoms with van der Waals surface area (Å²) < 4.78 is 5.67. The summed E-state index contributed by atoms with van der Waals surface area (Å²) in [5.41, 5.74) is -0.916. The van der Waals surface area contributed by atoms with E-state index in [0.29, 0.717) is 62.8 Å². The standard InChI is InChI=1S/C19H33N5O4S2/c1-4-28-17(27)24-11-5-14(6-12-24)21-16(26)19(7-9-20-10-8-19)22-15(25)13-30-18(29)23(2)3/h14,20H,4-13H2,1-3H3,(H,21,26)(H,22,25). The van der Waals surface area contributed by atoms with Gasteiger partial charge in [0.25, 0.3) is 0 Å². The van der Waals surface area contributed by atoms with Crippen LogP contribution in [0, 0.1) is 0 Å². The maximum Gasteiger partial charge on any atom is 0.409 e. The molecule has 9 nitrogen and oxygen atoms in total. The fourth-order valence-electron chi connectivity index (χ4n) is 3.57. The maximum absolute atomic E-state index is 13.2. The zero-order chi connectivity index (χ0) is 22.1. The fourth-order valence-corrected chi connectivity index (χ4v) is 4.33.